The van der Waals surface area contributed by atoms with Gasteiger partial charge < -0.3 is 10.1 Å². The van der Waals surface area contributed by atoms with E-state index in [1.807, 2.05) is 12.1 Å². The van der Waals surface area contributed by atoms with Gasteiger partial charge in [-0.25, -0.2) is 0 Å². The van der Waals surface area contributed by atoms with Crippen molar-refractivity contribution in [2.75, 3.05) is 6.54 Å². The number of hydrogen-bond donors (Lipinski definition) is 1. The number of ether oxygens (including phenoxy) is 1. The molecule has 2 nitrogen and oxygen atoms in total. The highest BCUT2D eigenvalue weighted by Crippen LogP contribution is 2.27. The predicted octanol–water partition coefficient (Wildman–Crippen LogP) is 4.45. The van der Waals surface area contributed by atoms with Crippen LogP contribution in [0.2, 0.25) is 5.02 Å². The summed E-state index contributed by atoms with van der Waals surface area (Å²) in [4.78, 5) is 0. The van der Waals surface area contributed by atoms with Crippen LogP contribution in [0, 0.1) is 5.92 Å². The molecule has 1 aromatic carbocycles. The van der Waals surface area contributed by atoms with Crippen molar-refractivity contribution in [3.8, 4) is 0 Å². The molecule has 3 atom stereocenters. The molecule has 3 heteroatoms. The Morgan fingerprint density at radius 2 is 2.05 bits per heavy atom. The first-order valence-corrected chi connectivity index (χ1v) is 8.54. The molecular weight excluding hydrogens is 282 g/mol. The van der Waals surface area contributed by atoms with Crippen LogP contribution in [0.5, 0.6) is 0 Å². The highest BCUT2D eigenvalue weighted by molar-refractivity contribution is 6.31. The summed E-state index contributed by atoms with van der Waals surface area (Å²) in [6, 6.07) is 8.71. The highest BCUT2D eigenvalue weighted by atomic mass is 35.5. The number of hydrogen-bond acceptors (Lipinski definition) is 2. The summed E-state index contributed by atoms with van der Waals surface area (Å²) < 4.78 is 6.01. The van der Waals surface area contributed by atoms with E-state index in [0.29, 0.717) is 24.2 Å². The lowest BCUT2D eigenvalue weighted by molar-refractivity contribution is 0.0406. The van der Waals surface area contributed by atoms with Crippen LogP contribution in [0.4, 0.5) is 0 Å². The van der Waals surface area contributed by atoms with E-state index in [4.69, 9.17) is 16.3 Å². The molecule has 0 aliphatic carbocycles. The maximum absolute atomic E-state index is 6.32. The van der Waals surface area contributed by atoms with Gasteiger partial charge in [-0.3, -0.25) is 0 Å². The Morgan fingerprint density at radius 3 is 2.67 bits per heavy atom. The molecule has 0 spiro atoms. The van der Waals surface area contributed by atoms with E-state index >= 15 is 0 Å². The summed E-state index contributed by atoms with van der Waals surface area (Å²) in [6.45, 7) is 7.59. The van der Waals surface area contributed by atoms with Gasteiger partial charge >= 0.3 is 0 Å². The highest BCUT2D eigenvalue weighted by Gasteiger charge is 2.25. The molecular formula is C18H28ClNO. The summed E-state index contributed by atoms with van der Waals surface area (Å²) in [5.41, 5.74) is 1.25. The second-order valence-electron chi connectivity index (χ2n) is 6.61. The first kappa shape index (κ1) is 16.8. The van der Waals surface area contributed by atoms with Crippen LogP contribution in [0.25, 0.3) is 0 Å². The Balaban J connectivity index is 1.96. The van der Waals surface area contributed by atoms with Gasteiger partial charge in [0, 0.05) is 11.1 Å². The van der Waals surface area contributed by atoms with Crippen molar-refractivity contribution in [1.82, 2.24) is 5.32 Å². The van der Waals surface area contributed by atoms with E-state index in [1.54, 1.807) is 0 Å². The summed E-state index contributed by atoms with van der Waals surface area (Å²) in [5.74, 6) is 0.572. The minimum absolute atomic E-state index is 0.418. The summed E-state index contributed by atoms with van der Waals surface area (Å²) in [5, 5.41) is 4.45. The number of benzene rings is 1. The van der Waals surface area contributed by atoms with Crippen molar-refractivity contribution in [1.29, 1.82) is 0 Å². The van der Waals surface area contributed by atoms with E-state index < -0.39 is 0 Å². The molecule has 1 aliphatic rings. The summed E-state index contributed by atoms with van der Waals surface area (Å²) >= 11 is 6.32. The van der Waals surface area contributed by atoms with Crippen LogP contribution in [0.3, 0.4) is 0 Å². The Kier molecular flexibility index (Phi) is 6.53. The molecule has 1 saturated heterocycles. The van der Waals surface area contributed by atoms with Crippen molar-refractivity contribution in [2.24, 2.45) is 5.92 Å². The van der Waals surface area contributed by atoms with Crippen molar-refractivity contribution < 1.29 is 4.74 Å². The van der Waals surface area contributed by atoms with Crippen LogP contribution in [0.15, 0.2) is 24.3 Å². The SMILES string of the molecule is CC(C)NCC(Cc1ccccc1Cl)CC1CCC(C)O1. The molecule has 0 saturated carbocycles. The number of halogens is 1. The van der Waals surface area contributed by atoms with Crippen LogP contribution >= 0.6 is 11.6 Å². The quantitative estimate of drug-likeness (QED) is 0.803. The van der Waals surface area contributed by atoms with Gasteiger partial charge in [0.15, 0.2) is 0 Å². The summed E-state index contributed by atoms with van der Waals surface area (Å²) in [6.07, 6.45) is 5.38. The topological polar surface area (TPSA) is 21.3 Å². The van der Waals surface area contributed by atoms with Gasteiger partial charge in [0.2, 0.25) is 0 Å². The molecule has 1 aromatic rings. The third kappa shape index (κ3) is 5.61. The molecule has 0 aromatic heterocycles. The van der Waals surface area contributed by atoms with Crippen LogP contribution < -0.4 is 5.32 Å². The van der Waals surface area contributed by atoms with Crippen molar-refractivity contribution in [3.05, 3.63) is 34.9 Å². The normalized spacial score (nSPS) is 23.7. The second kappa shape index (κ2) is 8.17. The number of rotatable bonds is 7. The molecule has 2 rings (SSSR count). The minimum atomic E-state index is 0.418. The Labute approximate surface area is 134 Å². The van der Waals surface area contributed by atoms with Gasteiger partial charge in [-0.15, -0.1) is 0 Å². The maximum atomic E-state index is 6.32. The Morgan fingerprint density at radius 1 is 1.29 bits per heavy atom. The first-order chi connectivity index (χ1) is 10.0. The van der Waals surface area contributed by atoms with Crippen molar-refractivity contribution in [3.63, 3.8) is 0 Å². The van der Waals surface area contributed by atoms with Crippen LogP contribution in [-0.4, -0.2) is 24.8 Å². The fraction of sp³-hybridized carbons (Fsp3) is 0.667. The standard InChI is InChI=1S/C18H28ClNO/c1-13(2)20-12-15(11-17-9-8-14(3)21-17)10-16-6-4-5-7-18(16)19/h4-7,13-15,17,20H,8-12H2,1-3H3. The molecule has 1 heterocycles. The molecule has 1 N–H and O–H groups in total. The third-order valence-electron chi connectivity index (χ3n) is 4.20. The van der Waals surface area contributed by atoms with E-state index in [9.17, 15) is 0 Å². The first-order valence-electron chi connectivity index (χ1n) is 8.17. The van der Waals surface area contributed by atoms with E-state index in [0.717, 1.165) is 24.4 Å². The summed E-state index contributed by atoms with van der Waals surface area (Å²) in [7, 11) is 0. The van der Waals surface area contributed by atoms with E-state index in [2.05, 4.69) is 38.2 Å². The fourth-order valence-corrected chi connectivity index (χ4v) is 3.26. The van der Waals surface area contributed by atoms with Gasteiger partial charge in [0.25, 0.3) is 0 Å². The number of nitrogens with one attached hydrogen (secondary N) is 1. The van der Waals surface area contributed by atoms with Gasteiger partial charge in [0.1, 0.15) is 0 Å². The van der Waals surface area contributed by atoms with Gasteiger partial charge in [-0.1, -0.05) is 43.6 Å². The van der Waals surface area contributed by atoms with Crippen LogP contribution in [0.1, 0.15) is 45.6 Å². The van der Waals surface area contributed by atoms with Crippen molar-refractivity contribution in [2.45, 2.75) is 64.7 Å². The molecule has 0 bridgehead atoms. The third-order valence-corrected chi connectivity index (χ3v) is 4.57. The lowest BCUT2D eigenvalue weighted by atomic mass is 9.92. The Hall–Kier alpha value is -0.570. The van der Waals surface area contributed by atoms with E-state index in [1.165, 1.54) is 18.4 Å². The molecule has 1 aliphatic heterocycles. The smallest absolute Gasteiger partial charge is 0.0583 e. The van der Waals surface area contributed by atoms with Crippen LogP contribution in [-0.2, 0) is 11.2 Å². The largest absolute Gasteiger partial charge is 0.375 e. The molecule has 0 amide bonds. The molecule has 0 radical (unpaired) electrons. The monoisotopic (exact) mass is 309 g/mol. The predicted molar refractivity (Wildman–Crippen MR) is 90.0 cm³/mol. The average molecular weight is 310 g/mol. The minimum Gasteiger partial charge on any atom is -0.375 e. The average Bonchev–Trinajstić information content (AvgIpc) is 2.84. The lowest BCUT2D eigenvalue weighted by Crippen LogP contribution is -2.32. The molecule has 3 unspecified atom stereocenters. The van der Waals surface area contributed by atoms with Gasteiger partial charge in [-0.05, 0) is 56.7 Å². The zero-order valence-electron chi connectivity index (χ0n) is 13.4. The molecule has 1 fully saturated rings. The zero-order valence-corrected chi connectivity index (χ0v) is 14.2. The second-order valence-corrected chi connectivity index (χ2v) is 7.01. The fourth-order valence-electron chi connectivity index (χ4n) is 3.05. The van der Waals surface area contributed by atoms with E-state index in [-0.39, 0.29) is 0 Å². The van der Waals surface area contributed by atoms with Crippen molar-refractivity contribution >= 4 is 11.6 Å². The Bertz CT molecular complexity index is 435. The van der Waals surface area contributed by atoms with Gasteiger partial charge in [0.05, 0.1) is 12.2 Å². The molecule has 21 heavy (non-hydrogen) atoms. The maximum Gasteiger partial charge on any atom is 0.0583 e. The van der Waals surface area contributed by atoms with Gasteiger partial charge in [-0.2, -0.15) is 0 Å². The molecule has 118 valence electrons. The lowest BCUT2D eigenvalue weighted by Gasteiger charge is -2.23. The zero-order chi connectivity index (χ0) is 15.2.